The predicted molar refractivity (Wildman–Crippen MR) is 81.8 cm³/mol. The van der Waals surface area contributed by atoms with Gasteiger partial charge in [0.1, 0.15) is 0 Å². The Labute approximate surface area is 137 Å². The molecule has 128 valence electrons. The van der Waals surface area contributed by atoms with Gasteiger partial charge in [-0.3, -0.25) is 9.78 Å². The molecule has 4 nitrogen and oxygen atoms in total. The van der Waals surface area contributed by atoms with Crippen LogP contribution >= 0.6 is 11.8 Å². The van der Waals surface area contributed by atoms with E-state index in [4.69, 9.17) is 0 Å². The summed E-state index contributed by atoms with van der Waals surface area (Å²) in [6, 6.07) is 3.75. The first-order valence-corrected chi connectivity index (χ1v) is 8.52. The zero-order valence-electron chi connectivity index (χ0n) is 12.5. The highest BCUT2D eigenvalue weighted by atomic mass is 32.2. The van der Waals surface area contributed by atoms with Gasteiger partial charge >= 0.3 is 6.18 Å². The molecule has 0 bridgehead atoms. The summed E-state index contributed by atoms with van der Waals surface area (Å²) < 4.78 is 37.4. The molecule has 1 amide bonds. The van der Waals surface area contributed by atoms with Crippen molar-refractivity contribution >= 4 is 17.7 Å². The summed E-state index contributed by atoms with van der Waals surface area (Å²) in [5.74, 6) is 0.110. The van der Waals surface area contributed by atoms with Gasteiger partial charge < -0.3 is 10.0 Å². The van der Waals surface area contributed by atoms with Gasteiger partial charge in [-0.15, -0.1) is 11.8 Å². The summed E-state index contributed by atoms with van der Waals surface area (Å²) in [6.45, 7) is 0.541. The lowest BCUT2D eigenvalue weighted by molar-refractivity contribution is -0.222. The summed E-state index contributed by atoms with van der Waals surface area (Å²) in [4.78, 5) is 17.6. The molecule has 1 unspecified atom stereocenters. The Morgan fingerprint density at radius 2 is 1.96 bits per heavy atom. The average molecular weight is 348 g/mol. The van der Waals surface area contributed by atoms with E-state index in [1.54, 1.807) is 17.3 Å². The molecule has 0 spiro atoms. The standard InChI is InChI=1S/C15H19F3N2O2S/c16-15(17,18)14(22)12-3-7-20(8-4-12)13(21)10-23-9-11-1-5-19-6-2-11/h1-2,5-6,12,14,22H,3-4,7-10H2. The lowest BCUT2D eigenvalue weighted by Crippen LogP contribution is -2.45. The summed E-state index contributed by atoms with van der Waals surface area (Å²) in [5, 5.41) is 9.27. The maximum atomic E-state index is 12.5. The minimum atomic E-state index is -4.59. The first-order chi connectivity index (χ1) is 10.9. The molecule has 0 radical (unpaired) electrons. The molecule has 1 N–H and O–H groups in total. The number of hydrogen-bond acceptors (Lipinski definition) is 4. The van der Waals surface area contributed by atoms with Crippen molar-refractivity contribution in [1.29, 1.82) is 0 Å². The molecule has 8 heteroatoms. The molecule has 1 saturated heterocycles. The summed E-state index contributed by atoms with van der Waals surface area (Å²) >= 11 is 1.47. The van der Waals surface area contributed by atoms with Crippen LogP contribution in [0.1, 0.15) is 18.4 Å². The second kappa shape index (κ2) is 8.01. The number of aliphatic hydroxyl groups excluding tert-OH is 1. The number of carbonyl (C=O) groups excluding carboxylic acids is 1. The van der Waals surface area contributed by atoms with Crippen LogP contribution in [0.5, 0.6) is 0 Å². The number of rotatable bonds is 5. The monoisotopic (exact) mass is 348 g/mol. The Morgan fingerprint density at radius 3 is 2.52 bits per heavy atom. The fourth-order valence-electron chi connectivity index (χ4n) is 2.56. The maximum Gasteiger partial charge on any atom is 0.414 e. The average Bonchev–Trinajstić information content (AvgIpc) is 2.54. The number of hydrogen-bond donors (Lipinski definition) is 1. The van der Waals surface area contributed by atoms with Crippen LogP contribution in [-0.2, 0) is 10.5 Å². The Morgan fingerprint density at radius 1 is 1.35 bits per heavy atom. The van der Waals surface area contributed by atoms with Crippen molar-refractivity contribution in [2.24, 2.45) is 5.92 Å². The fraction of sp³-hybridized carbons (Fsp3) is 0.600. The van der Waals surface area contributed by atoms with Crippen molar-refractivity contribution < 1.29 is 23.1 Å². The zero-order chi connectivity index (χ0) is 16.9. The highest BCUT2D eigenvalue weighted by Crippen LogP contribution is 2.31. The van der Waals surface area contributed by atoms with Crippen molar-refractivity contribution in [3.63, 3.8) is 0 Å². The van der Waals surface area contributed by atoms with Crippen molar-refractivity contribution in [3.8, 4) is 0 Å². The third-order valence-corrected chi connectivity index (χ3v) is 4.91. The normalized spacial score (nSPS) is 18.0. The molecule has 23 heavy (non-hydrogen) atoms. The van der Waals surface area contributed by atoms with Crippen LogP contribution in [0.4, 0.5) is 13.2 Å². The van der Waals surface area contributed by atoms with E-state index in [-0.39, 0.29) is 31.8 Å². The van der Waals surface area contributed by atoms with Crippen LogP contribution in [0.25, 0.3) is 0 Å². The SMILES string of the molecule is O=C(CSCc1ccncc1)N1CCC(C(O)C(F)(F)F)CC1. The molecule has 1 aromatic rings. The smallest absolute Gasteiger partial charge is 0.383 e. The lowest BCUT2D eigenvalue weighted by atomic mass is 9.91. The van der Waals surface area contributed by atoms with Gasteiger partial charge in [0.25, 0.3) is 0 Å². The Bertz CT molecular complexity index is 505. The third kappa shape index (κ3) is 5.39. The Kier molecular flexibility index (Phi) is 6.29. The van der Waals surface area contributed by atoms with Gasteiger partial charge in [-0.1, -0.05) is 0 Å². The van der Waals surface area contributed by atoms with Crippen LogP contribution in [0, 0.1) is 5.92 Å². The fourth-order valence-corrected chi connectivity index (χ4v) is 3.45. The van der Waals surface area contributed by atoms with Crippen LogP contribution in [0.15, 0.2) is 24.5 Å². The number of nitrogens with zero attached hydrogens (tertiary/aromatic N) is 2. The molecule has 1 atom stereocenters. The van der Waals surface area contributed by atoms with E-state index in [9.17, 15) is 23.1 Å². The van der Waals surface area contributed by atoms with E-state index in [1.165, 1.54) is 11.8 Å². The number of alkyl halides is 3. The van der Waals surface area contributed by atoms with Gasteiger partial charge in [-0.2, -0.15) is 13.2 Å². The first kappa shape index (κ1) is 18.1. The van der Waals surface area contributed by atoms with Gasteiger partial charge in [-0.05, 0) is 36.5 Å². The molecule has 1 aliphatic heterocycles. The summed E-state index contributed by atoms with van der Waals surface area (Å²) in [7, 11) is 0. The van der Waals surface area contributed by atoms with Gasteiger partial charge in [0.05, 0.1) is 5.75 Å². The van der Waals surface area contributed by atoms with Gasteiger partial charge in [0.2, 0.25) is 5.91 Å². The zero-order valence-corrected chi connectivity index (χ0v) is 13.3. The van der Waals surface area contributed by atoms with Crippen molar-refractivity contribution in [2.75, 3.05) is 18.8 Å². The van der Waals surface area contributed by atoms with E-state index < -0.39 is 18.2 Å². The number of thioether (sulfide) groups is 1. The van der Waals surface area contributed by atoms with E-state index in [0.717, 1.165) is 5.56 Å². The molecule has 1 aromatic heterocycles. The molecule has 1 fully saturated rings. The molecule has 1 aliphatic rings. The highest BCUT2D eigenvalue weighted by molar-refractivity contribution is 7.99. The molecule has 0 saturated carbocycles. The number of aromatic nitrogens is 1. The summed E-state index contributed by atoms with van der Waals surface area (Å²) in [5.41, 5.74) is 1.07. The molecule has 0 aliphatic carbocycles. The molecule has 2 rings (SSSR count). The molecule has 2 heterocycles. The van der Waals surface area contributed by atoms with E-state index in [2.05, 4.69) is 4.98 Å². The van der Waals surface area contributed by atoms with Gasteiger partial charge in [0, 0.05) is 31.2 Å². The van der Waals surface area contributed by atoms with Crippen molar-refractivity contribution in [2.45, 2.75) is 30.9 Å². The quantitative estimate of drug-likeness (QED) is 0.888. The highest BCUT2D eigenvalue weighted by Gasteiger charge is 2.44. The first-order valence-electron chi connectivity index (χ1n) is 7.37. The Hall–Kier alpha value is -1.28. The number of amides is 1. The number of carbonyl (C=O) groups is 1. The number of likely N-dealkylation sites (tertiary alicyclic amines) is 1. The van der Waals surface area contributed by atoms with E-state index >= 15 is 0 Å². The van der Waals surface area contributed by atoms with Gasteiger partial charge in [0.15, 0.2) is 6.10 Å². The van der Waals surface area contributed by atoms with Crippen molar-refractivity contribution in [1.82, 2.24) is 9.88 Å². The maximum absolute atomic E-state index is 12.5. The summed E-state index contributed by atoms with van der Waals surface area (Å²) in [6.07, 6.45) is -3.14. The van der Waals surface area contributed by atoms with Crippen LogP contribution in [0.3, 0.4) is 0 Å². The second-order valence-corrected chi connectivity index (χ2v) is 6.54. The van der Waals surface area contributed by atoms with Crippen LogP contribution in [0.2, 0.25) is 0 Å². The minimum Gasteiger partial charge on any atom is -0.383 e. The van der Waals surface area contributed by atoms with Gasteiger partial charge in [-0.25, -0.2) is 0 Å². The largest absolute Gasteiger partial charge is 0.414 e. The Balaban J connectivity index is 1.71. The third-order valence-electron chi connectivity index (χ3n) is 3.92. The van der Waals surface area contributed by atoms with E-state index in [1.807, 2.05) is 12.1 Å². The topological polar surface area (TPSA) is 53.4 Å². The number of aliphatic hydroxyl groups is 1. The lowest BCUT2D eigenvalue weighted by Gasteiger charge is -2.34. The molecular formula is C15H19F3N2O2S. The second-order valence-electron chi connectivity index (χ2n) is 5.55. The van der Waals surface area contributed by atoms with Crippen LogP contribution < -0.4 is 0 Å². The van der Waals surface area contributed by atoms with E-state index in [0.29, 0.717) is 11.5 Å². The number of piperidine rings is 1. The van der Waals surface area contributed by atoms with Crippen LogP contribution in [-0.4, -0.2) is 52.0 Å². The predicted octanol–water partition coefficient (Wildman–Crippen LogP) is 2.48. The molecule has 0 aromatic carbocycles. The molecular weight excluding hydrogens is 329 g/mol. The minimum absolute atomic E-state index is 0.0657. The number of pyridine rings is 1. The van der Waals surface area contributed by atoms with Crippen molar-refractivity contribution in [3.05, 3.63) is 30.1 Å². The number of halogens is 3.